The molecule has 1 fully saturated rings. The van der Waals surface area contributed by atoms with Crippen molar-refractivity contribution in [2.45, 2.75) is 52.2 Å². The molecule has 0 radical (unpaired) electrons. The highest BCUT2D eigenvalue weighted by Gasteiger charge is 2.68. The first-order valence-electron chi connectivity index (χ1n) is 9.62. The highest BCUT2D eigenvalue weighted by atomic mass is 19.3. The number of fused-ring (bicyclic) bond motifs is 1. The second kappa shape index (κ2) is 5.98. The maximum absolute atomic E-state index is 13.7. The predicted octanol–water partition coefficient (Wildman–Crippen LogP) is 3.98. The monoisotopic (exact) mass is 401 g/mol. The molecule has 1 aromatic carbocycles. The summed E-state index contributed by atoms with van der Waals surface area (Å²) in [5.41, 5.74) is 1.72. The van der Waals surface area contributed by atoms with Gasteiger partial charge in [-0.2, -0.15) is 0 Å². The smallest absolute Gasteiger partial charge is 0.330 e. The van der Waals surface area contributed by atoms with Gasteiger partial charge in [-0.1, -0.05) is 19.1 Å². The van der Waals surface area contributed by atoms with Crippen molar-refractivity contribution in [3.8, 4) is 11.3 Å². The van der Waals surface area contributed by atoms with E-state index >= 15 is 0 Å². The molecule has 0 bridgehead atoms. The van der Waals surface area contributed by atoms with Crippen LogP contribution in [0.2, 0.25) is 0 Å². The Morgan fingerprint density at radius 2 is 1.90 bits per heavy atom. The van der Waals surface area contributed by atoms with E-state index < -0.39 is 16.9 Å². The van der Waals surface area contributed by atoms with Crippen LogP contribution in [0, 0.1) is 12.3 Å². The minimum atomic E-state index is -2.74. The summed E-state index contributed by atoms with van der Waals surface area (Å²) in [6.45, 7) is 6.86. The number of aryl methyl sites for hydroxylation is 2. The van der Waals surface area contributed by atoms with E-state index in [-0.39, 0.29) is 18.7 Å². The van der Waals surface area contributed by atoms with E-state index in [1.54, 1.807) is 33.0 Å². The molecule has 0 saturated heterocycles. The quantitative estimate of drug-likeness (QED) is 0.719. The Labute approximate surface area is 167 Å². The Morgan fingerprint density at radius 1 is 1.24 bits per heavy atom. The van der Waals surface area contributed by atoms with Gasteiger partial charge in [0.15, 0.2) is 5.65 Å². The van der Waals surface area contributed by atoms with E-state index in [2.05, 4.69) is 4.98 Å². The molecule has 29 heavy (non-hydrogen) atoms. The summed E-state index contributed by atoms with van der Waals surface area (Å²) in [5.74, 6) is -2.74. The summed E-state index contributed by atoms with van der Waals surface area (Å²) in [6, 6.07) is 9.25. The van der Waals surface area contributed by atoms with Gasteiger partial charge in [0.05, 0.1) is 22.2 Å². The van der Waals surface area contributed by atoms with Crippen LogP contribution < -0.4 is 5.69 Å². The first-order valence-corrected chi connectivity index (χ1v) is 9.62. The van der Waals surface area contributed by atoms with Crippen LogP contribution in [0.1, 0.15) is 38.3 Å². The Balaban J connectivity index is 1.83. The minimum absolute atomic E-state index is 0.0373. The van der Waals surface area contributed by atoms with Gasteiger partial charge >= 0.3 is 5.69 Å². The van der Waals surface area contributed by atoms with Crippen LogP contribution >= 0.6 is 0 Å². The number of alkyl halides is 2. The van der Waals surface area contributed by atoms with Crippen molar-refractivity contribution in [1.29, 1.82) is 0 Å². The average Bonchev–Trinajstić information content (AvgIpc) is 3.05. The van der Waals surface area contributed by atoms with Crippen molar-refractivity contribution in [2.24, 2.45) is 12.5 Å². The highest BCUT2D eigenvalue weighted by Crippen LogP contribution is 2.61. The fourth-order valence-corrected chi connectivity index (χ4v) is 3.82. The summed E-state index contributed by atoms with van der Waals surface area (Å²) in [5, 5.41) is 10.3. The van der Waals surface area contributed by atoms with Gasteiger partial charge in [-0.3, -0.25) is 9.13 Å². The van der Waals surface area contributed by atoms with E-state index in [4.69, 9.17) is 0 Å². The molecule has 2 aromatic heterocycles. The van der Waals surface area contributed by atoms with E-state index in [0.29, 0.717) is 16.9 Å². The van der Waals surface area contributed by atoms with Gasteiger partial charge in [0.2, 0.25) is 0 Å². The number of aliphatic hydroxyl groups is 1. The minimum Gasteiger partial charge on any atom is -0.386 e. The number of halogens is 2. The molecule has 4 rings (SSSR count). The highest BCUT2D eigenvalue weighted by molar-refractivity contribution is 5.77. The molecule has 0 aliphatic heterocycles. The fourth-order valence-electron chi connectivity index (χ4n) is 3.82. The summed E-state index contributed by atoms with van der Waals surface area (Å²) < 4.78 is 30.2. The summed E-state index contributed by atoms with van der Waals surface area (Å²) in [7, 11) is 1.60. The van der Waals surface area contributed by atoms with E-state index in [1.807, 2.05) is 25.1 Å². The molecular formula is C22H25F2N3O2. The topological polar surface area (TPSA) is 60.1 Å². The first-order chi connectivity index (χ1) is 13.3. The van der Waals surface area contributed by atoms with Crippen LogP contribution in [0.5, 0.6) is 0 Å². The molecule has 1 aliphatic carbocycles. The number of imidazole rings is 1. The number of aromatic nitrogens is 3. The molecular weight excluding hydrogens is 376 g/mol. The third kappa shape index (κ3) is 3.08. The lowest BCUT2D eigenvalue weighted by molar-refractivity contribution is 0.0637. The number of rotatable bonds is 4. The number of hydrogen-bond donors (Lipinski definition) is 1. The Morgan fingerprint density at radius 3 is 2.48 bits per heavy atom. The van der Waals surface area contributed by atoms with E-state index in [0.717, 1.165) is 16.7 Å². The van der Waals surface area contributed by atoms with Gasteiger partial charge in [0, 0.05) is 25.6 Å². The third-order valence-electron chi connectivity index (χ3n) is 6.08. The molecule has 0 amide bonds. The molecule has 154 valence electrons. The molecule has 1 aliphatic rings. The Bertz CT molecular complexity index is 1190. The van der Waals surface area contributed by atoms with Crippen molar-refractivity contribution in [2.75, 3.05) is 0 Å². The van der Waals surface area contributed by atoms with Crippen LogP contribution in [-0.4, -0.2) is 25.1 Å². The third-order valence-corrected chi connectivity index (χ3v) is 6.08. The van der Waals surface area contributed by atoms with Crippen LogP contribution in [-0.2, 0) is 19.2 Å². The Hall–Kier alpha value is -2.54. The zero-order valence-corrected chi connectivity index (χ0v) is 17.3. The lowest BCUT2D eigenvalue weighted by Gasteiger charge is -2.19. The van der Waals surface area contributed by atoms with Gasteiger partial charge in [-0.05, 0) is 50.1 Å². The first kappa shape index (κ1) is 19.8. The summed E-state index contributed by atoms with van der Waals surface area (Å²) in [6.07, 6.45) is -0.211. The Kier molecular flexibility index (Phi) is 4.08. The SMILES string of the molecule is Cc1ccc(C(C)(C)O)cc1-c1ccc2c(n1)n(C)c(=O)n2C[C@]1(C)CC1(F)F. The molecule has 3 aromatic rings. The lowest BCUT2D eigenvalue weighted by atomic mass is 9.93. The van der Waals surface area contributed by atoms with Gasteiger partial charge in [-0.25, -0.2) is 18.6 Å². The van der Waals surface area contributed by atoms with Crippen molar-refractivity contribution in [1.82, 2.24) is 14.1 Å². The predicted molar refractivity (Wildman–Crippen MR) is 108 cm³/mol. The molecule has 5 nitrogen and oxygen atoms in total. The molecule has 0 spiro atoms. The molecule has 7 heteroatoms. The zero-order valence-electron chi connectivity index (χ0n) is 17.3. The number of hydrogen-bond acceptors (Lipinski definition) is 3. The molecule has 1 saturated carbocycles. The molecule has 2 heterocycles. The van der Waals surface area contributed by atoms with Gasteiger partial charge < -0.3 is 5.11 Å². The molecule has 0 unspecified atom stereocenters. The zero-order chi connectivity index (χ0) is 21.4. The second-order valence-corrected chi connectivity index (χ2v) is 9.00. The van der Waals surface area contributed by atoms with Crippen molar-refractivity contribution >= 4 is 11.2 Å². The van der Waals surface area contributed by atoms with Crippen molar-refractivity contribution in [3.05, 3.63) is 51.9 Å². The van der Waals surface area contributed by atoms with E-state index in [1.165, 1.54) is 16.1 Å². The van der Waals surface area contributed by atoms with Crippen molar-refractivity contribution < 1.29 is 13.9 Å². The number of pyridine rings is 1. The maximum Gasteiger partial charge on any atom is 0.330 e. The van der Waals surface area contributed by atoms with Gasteiger partial charge in [0.25, 0.3) is 5.92 Å². The normalized spacial score (nSPS) is 21.0. The van der Waals surface area contributed by atoms with Crippen LogP contribution in [0.4, 0.5) is 8.78 Å². The van der Waals surface area contributed by atoms with Gasteiger partial charge in [-0.15, -0.1) is 0 Å². The number of benzene rings is 1. The van der Waals surface area contributed by atoms with Gasteiger partial charge in [0.1, 0.15) is 0 Å². The standard InChI is InChI=1S/C22H25F2N3O2/c1-13-6-7-14(20(2,3)29)10-15(13)16-8-9-17-18(25-16)26(5)19(28)27(17)12-21(4)11-22(21,23)24/h6-10,29H,11-12H2,1-5H3/t21-/m0/s1. The van der Waals surface area contributed by atoms with Crippen LogP contribution in [0.25, 0.3) is 22.4 Å². The van der Waals surface area contributed by atoms with E-state index in [9.17, 15) is 18.7 Å². The number of nitrogens with zero attached hydrogens (tertiary/aromatic N) is 3. The lowest BCUT2D eigenvalue weighted by Crippen LogP contribution is -2.27. The maximum atomic E-state index is 13.7. The fraction of sp³-hybridized carbons (Fsp3) is 0.455. The second-order valence-electron chi connectivity index (χ2n) is 9.00. The van der Waals surface area contributed by atoms with Crippen LogP contribution in [0.15, 0.2) is 35.1 Å². The summed E-state index contributed by atoms with van der Waals surface area (Å²) in [4.78, 5) is 17.4. The average molecular weight is 401 g/mol. The largest absolute Gasteiger partial charge is 0.386 e. The summed E-state index contributed by atoms with van der Waals surface area (Å²) >= 11 is 0. The molecule has 1 N–H and O–H groups in total. The van der Waals surface area contributed by atoms with Crippen molar-refractivity contribution in [3.63, 3.8) is 0 Å². The molecule has 1 atom stereocenters. The van der Waals surface area contributed by atoms with Crippen LogP contribution in [0.3, 0.4) is 0 Å².